The third-order valence-electron chi connectivity index (χ3n) is 3.76. The first-order valence-electron chi connectivity index (χ1n) is 6.83. The Balaban J connectivity index is 2.10. The van der Waals surface area contributed by atoms with Crippen molar-refractivity contribution in [3.05, 3.63) is 83.2 Å². The van der Waals surface area contributed by atoms with Gasteiger partial charge in [0.05, 0.1) is 10.9 Å². The van der Waals surface area contributed by atoms with Crippen LogP contribution in [0.15, 0.2) is 82.2 Å². The van der Waals surface area contributed by atoms with Gasteiger partial charge in [-0.2, -0.15) is 0 Å². The molecule has 0 unspecified atom stereocenters. The highest BCUT2D eigenvalue weighted by Gasteiger charge is 2.10. The van der Waals surface area contributed by atoms with Crippen molar-refractivity contribution >= 4 is 21.7 Å². The average molecular weight is 272 g/mol. The van der Waals surface area contributed by atoms with Crippen molar-refractivity contribution in [1.29, 1.82) is 0 Å². The summed E-state index contributed by atoms with van der Waals surface area (Å²) in [5.41, 5.74) is 2.14. The van der Waals surface area contributed by atoms with E-state index >= 15 is 0 Å². The Hall–Kier alpha value is -2.87. The zero-order valence-electron chi connectivity index (χ0n) is 11.2. The van der Waals surface area contributed by atoms with Crippen molar-refractivity contribution in [2.24, 2.45) is 0 Å². The lowest BCUT2D eigenvalue weighted by atomic mass is 9.98. The summed E-state index contributed by atoms with van der Waals surface area (Å²) in [6.07, 6.45) is 1.56. The molecule has 0 N–H and O–H groups in total. The maximum atomic E-state index is 12.7. The van der Waals surface area contributed by atoms with Gasteiger partial charge < -0.3 is 4.42 Å². The maximum absolute atomic E-state index is 12.7. The third-order valence-corrected chi connectivity index (χ3v) is 3.76. The SMILES string of the molecule is O=c1c(-c2cccc3ccccc23)coc2ccccc12. The molecule has 4 aromatic rings. The second-order valence-electron chi connectivity index (χ2n) is 5.00. The number of para-hydroxylation sites is 1. The molecule has 0 aliphatic heterocycles. The van der Waals surface area contributed by atoms with Gasteiger partial charge in [0, 0.05) is 0 Å². The molecule has 1 heterocycles. The Morgan fingerprint density at radius 1 is 0.667 bits per heavy atom. The van der Waals surface area contributed by atoms with Gasteiger partial charge in [0.2, 0.25) is 5.43 Å². The normalized spacial score (nSPS) is 11.0. The number of hydrogen-bond acceptors (Lipinski definition) is 2. The molecule has 1 aromatic heterocycles. The smallest absolute Gasteiger partial charge is 0.200 e. The number of benzene rings is 3. The van der Waals surface area contributed by atoms with E-state index in [0.29, 0.717) is 16.5 Å². The average Bonchev–Trinajstić information content (AvgIpc) is 2.55. The Labute approximate surface area is 121 Å². The minimum absolute atomic E-state index is 0.00760. The predicted octanol–water partition coefficient (Wildman–Crippen LogP) is 4.61. The lowest BCUT2D eigenvalue weighted by molar-refractivity contribution is 0.604. The molecule has 0 saturated heterocycles. The van der Waals surface area contributed by atoms with E-state index in [1.807, 2.05) is 60.7 Å². The number of fused-ring (bicyclic) bond motifs is 2. The highest BCUT2D eigenvalue weighted by molar-refractivity contribution is 5.97. The molecule has 4 rings (SSSR count). The summed E-state index contributed by atoms with van der Waals surface area (Å²) in [4.78, 5) is 12.7. The molecular weight excluding hydrogens is 260 g/mol. The van der Waals surface area contributed by atoms with E-state index in [9.17, 15) is 4.79 Å². The molecule has 100 valence electrons. The van der Waals surface area contributed by atoms with Crippen LogP contribution < -0.4 is 5.43 Å². The molecule has 0 atom stereocenters. The van der Waals surface area contributed by atoms with Gasteiger partial charge >= 0.3 is 0 Å². The molecule has 0 aliphatic carbocycles. The molecule has 0 amide bonds. The second-order valence-corrected chi connectivity index (χ2v) is 5.00. The maximum Gasteiger partial charge on any atom is 0.200 e. The molecule has 3 aromatic carbocycles. The largest absolute Gasteiger partial charge is 0.463 e. The van der Waals surface area contributed by atoms with Crippen LogP contribution in [-0.4, -0.2) is 0 Å². The number of rotatable bonds is 1. The van der Waals surface area contributed by atoms with Crippen LogP contribution in [0.2, 0.25) is 0 Å². The zero-order valence-corrected chi connectivity index (χ0v) is 11.2. The van der Waals surface area contributed by atoms with Crippen molar-refractivity contribution in [3.63, 3.8) is 0 Å². The topological polar surface area (TPSA) is 30.2 Å². The first-order chi connectivity index (χ1) is 10.3. The van der Waals surface area contributed by atoms with Crippen molar-refractivity contribution < 1.29 is 4.42 Å². The fourth-order valence-electron chi connectivity index (χ4n) is 2.72. The minimum Gasteiger partial charge on any atom is -0.463 e. The first-order valence-corrected chi connectivity index (χ1v) is 6.83. The highest BCUT2D eigenvalue weighted by atomic mass is 16.3. The van der Waals surface area contributed by atoms with Gasteiger partial charge in [-0.25, -0.2) is 0 Å². The fourth-order valence-corrected chi connectivity index (χ4v) is 2.72. The monoisotopic (exact) mass is 272 g/mol. The predicted molar refractivity (Wildman–Crippen MR) is 85.4 cm³/mol. The quantitative estimate of drug-likeness (QED) is 0.506. The Kier molecular flexibility index (Phi) is 2.61. The van der Waals surface area contributed by atoms with Crippen molar-refractivity contribution in [3.8, 4) is 11.1 Å². The molecule has 0 bridgehead atoms. The van der Waals surface area contributed by atoms with E-state index in [1.54, 1.807) is 12.3 Å². The summed E-state index contributed by atoms with van der Waals surface area (Å²) >= 11 is 0. The molecule has 21 heavy (non-hydrogen) atoms. The van der Waals surface area contributed by atoms with E-state index in [-0.39, 0.29) is 5.43 Å². The van der Waals surface area contributed by atoms with E-state index < -0.39 is 0 Å². The Morgan fingerprint density at radius 3 is 2.29 bits per heavy atom. The van der Waals surface area contributed by atoms with E-state index in [0.717, 1.165) is 16.3 Å². The van der Waals surface area contributed by atoms with Gasteiger partial charge in [-0.15, -0.1) is 0 Å². The summed E-state index contributed by atoms with van der Waals surface area (Å²) in [5, 5.41) is 2.79. The van der Waals surface area contributed by atoms with Crippen LogP contribution in [0.5, 0.6) is 0 Å². The summed E-state index contributed by atoms with van der Waals surface area (Å²) in [5.74, 6) is 0. The van der Waals surface area contributed by atoms with Crippen LogP contribution in [0.4, 0.5) is 0 Å². The summed E-state index contributed by atoms with van der Waals surface area (Å²) < 4.78 is 5.63. The van der Waals surface area contributed by atoms with Crippen LogP contribution in [-0.2, 0) is 0 Å². The molecule has 0 fully saturated rings. The second kappa shape index (κ2) is 4.60. The molecule has 2 nitrogen and oxygen atoms in total. The Bertz CT molecular complexity index is 1010. The lowest BCUT2D eigenvalue weighted by Crippen LogP contribution is -2.04. The van der Waals surface area contributed by atoms with Crippen molar-refractivity contribution in [2.75, 3.05) is 0 Å². The van der Waals surface area contributed by atoms with Gasteiger partial charge in [0.1, 0.15) is 11.8 Å². The van der Waals surface area contributed by atoms with Crippen molar-refractivity contribution in [1.82, 2.24) is 0 Å². The number of hydrogen-bond donors (Lipinski definition) is 0. The van der Waals surface area contributed by atoms with Gasteiger partial charge in [-0.3, -0.25) is 4.79 Å². The van der Waals surface area contributed by atoms with Gasteiger partial charge in [0.25, 0.3) is 0 Å². The fraction of sp³-hybridized carbons (Fsp3) is 0. The van der Waals surface area contributed by atoms with Gasteiger partial charge in [0.15, 0.2) is 0 Å². The van der Waals surface area contributed by atoms with Crippen LogP contribution in [0.25, 0.3) is 32.9 Å². The Morgan fingerprint density at radius 2 is 1.38 bits per heavy atom. The zero-order chi connectivity index (χ0) is 14.2. The molecule has 0 aliphatic rings. The van der Waals surface area contributed by atoms with Crippen LogP contribution in [0, 0.1) is 0 Å². The summed E-state index contributed by atoms with van der Waals surface area (Å²) in [6, 6.07) is 21.3. The molecule has 2 heteroatoms. The molecule has 0 radical (unpaired) electrons. The lowest BCUT2D eigenvalue weighted by Gasteiger charge is -2.06. The van der Waals surface area contributed by atoms with Crippen LogP contribution >= 0.6 is 0 Å². The van der Waals surface area contributed by atoms with E-state index in [4.69, 9.17) is 4.42 Å². The summed E-state index contributed by atoms with van der Waals surface area (Å²) in [7, 11) is 0. The van der Waals surface area contributed by atoms with Gasteiger partial charge in [-0.05, 0) is 28.5 Å². The molecule has 0 spiro atoms. The highest BCUT2D eigenvalue weighted by Crippen LogP contribution is 2.27. The van der Waals surface area contributed by atoms with Crippen LogP contribution in [0.1, 0.15) is 0 Å². The van der Waals surface area contributed by atoms with E-state index in [2.05, 4.69) is 0 Å². The first kappa shape index (κ1) is 11.9. The standard InChI is InChI=1S/C19H12O2/c20-19-16-9-3-4-11-18(16)21-12-17(19)15-10-5-7-13-6-1-2-8-14(13)15/h1-12H. The van der Waals surface area contributed by atoms with Gasteiger partial charge in [-0.1, -0.05) is 54.6 Å². The van der Waals surface area contributed by atoms with Crippen LogP contribution in [0.3, 0.4) is 0 Å². The molecular formula is C19H12O2. The van der Waals surface area contributed by atoms with E-state index in [1.165, 1.54) is 0 Å². The molecule has 0 saturated carbocycles. The third kappa shape index (κ3) is 1.84. The van der Waals surface area contributed by atoms with Crippen molar-refractivity contribution in [2.45, 2.75) is 0 Å². The summed E-state index contributed by atoms with van der Waals surface area (Å²) in [6.45, 7) is 0. The minimum atomic E-state index is 0.00760.